The molecule has 0 unspecified atom stereocenters. The van der Waals surface area contributed by atoms with Crippen molar-refractivity contribution in [3.63, 3.8) is 0 Å². The van der Waals surface area contributed by atoms with Gasteiger partial charge >= 0.3 is 0 Å². The van der Waals surface area contributed by atoms with Crippen molar-refractivity contribution in [3.8, 4) is 0 Å². The third-order valence-electron chi connectivity index (χ3n) is 2.65. The number of anilines is 1. The summed E-state index contributed by atoms with van der Waals surface area (Å²) in [6.45, 7) is 0. The van der Waals surface area contributed by atoms with Gasteiger partial charge in [0.25, 0.3) is 5.91 Å². The van der Waals surface area contributed by atoms with Crippen molar-refractivity contribution >= 4 is 46.0 Å². The summed E-state index contributed by atoms with van der Waals surface area (Å²) >= 11 is 7.20. The van der Waals surface area contributed by atoms with Crippen LogP contribution in [0, 0.1) is 0 Å². The summed E-state index contributed by atoms with van der Waals surface area (Å²) in [5.41, 5.74) is 2.40. The first kappa shape index (κ1) is 12.1. The third-order valence-corrected chi connectivity index (χ3v) is 3.51. The predicted octanol–water partition coefficient (Wildman–Crippen LogP) is 3.60. The molecule has 94 valence electrons. The Morgan fingerprint density at radius 3 is 2.68 bits per heavy atom. The first-order valence-electron chi connectivity index (χ1n) is 5.53. The molecule has 1 amide bonds. The summed E-state index contributed by atoms with van der Waals surface area (Å²) < 4.78 is 8.28. The summed E-state index contributed by atoms with van der Waals surface area (Å²) in [6, 6.07) is 12.4. The van der Waals surface area contributed by atoms with Gasteiger partial charge in [0, 0.05) is 5.56 Å². The fourth-order valence-electron chi connectivity index (χ4n) is 1.72. The van der Waals surface area contributed by atoms with Crippen LogP contribution in [0.5, 0.6) is 0 Å². The minimum absolute atomic E-state index is 0.219. The van der Waals surface area contributed by atoms with E-state index in [0.29, 0.717) is 21.8 Å². The van der Waals surface area contributed by atoms with Crippen molar-refractivity contribution < 1.29 is 4.79 Å². The van der Waals surface area contributed by atoms with E-state index in [1.807, 2.05) is 18.2 Å². The molecule has 2 aromatic carbocycles. The maximum Gasteiger partial charge on any atom is 0.255 e. The number of fused-ring (bicyclic) bond motifs is 1. The first-order valence-corrected chi connectivity index (χ1v) is 6.64. The van der Waals surface area contributed by atoms with Crippen LogP contribution in [0.1, 0.15) is 10.4 Å². The van der Waals surface area contributed by atoms with Gasteiger partial charge in [-0.2, -0.15) is 8.75 Å². The lowest BCUT2D eigenvalue weighted by atomic mass is 10.2. The Bertz CT molecular complexity index is 742. The van der Waals surface area contributed by atoms with Crippen LogP contribution in [0.2, 0.25) is 5.02 Å². The summed E-state index contributed by atoms with van der Waals surface area (Å²) in [7, 11) is 0. The van der Waals surface area contributed by atoms with Gasteiger partial charge in [-0.3, -0.25) is 4.79 Å². The molecule has 0 saturated heterocycles. The monoisotopic (exact) mass is 289 g/mol. The zero-order valence-electron chi connectivity index (χ0n) is 9.63. The number of amides is 1. The molecule has 0 atom stereocenters. The zero-order valence-corrected chi connectivity index (χ0v) is 11.2. The van der Waals surface area contributed by atoms with E-state index in [9.17, 15) is 4.79 Å². The van der Waals surface area contributed by atoms with Crippen LogP contribution in [0.15, 0.2) is 42.5 Å². The van der Waals surface area contributed by atoms with Gasteiger partial charge in [-0.25, -0.2) is 0 Å². The highest BCUT2D eigenvalue weighted by atomic mass is 35.5. The van der Waals surface area contributed by atoms with Crippen molar-refractivity contribution in [2.75, 3.05) is 5.32 Å². The van der Waals surface area contributed by atoms with Gasteiger partial charge in [-0.1, -0.05) is 29.8 Å². The van der Waals surface area contributed by atoms with Crippen LogP contribution >= 0.6 is 23.3 Å². The number of hydrogen-bond donors (Lipinski definition) is 1. The van der Waals surface area contributed by atoms with Gasteiger partial charge < -0.3 is 5.32 Å². The Morgan fingerprint density at radius 2 is 1.89 bits per heavy atom. The molecule has 0 fully saturated rings. The van der Waals surface area contributed by atoms with E-state index in [2.05, 4.69) is 14.1 Å². The molecule has 0 spiro atoms. The molecule has 3 rings (SSSR count). The summed E-state index contributed by atoms with van der Waals surface area (Å²) in [4.78, 5) is 12.1. The van der Waals surface area contributed by atoms with Gasteiger partial charge in [0.2, 0.25) is 0 Å². The number of aromatic nitrogens is 2. The van der Waals surface area contributed by atoms with Gasteiger partial charge in [0.05, 0.1) is 22.4 Å². The molecule has 0 bridgehead atoms. The number of nitrogens with one attached hydrogen (secondary N) is 1. The van der Waals surface area contributed by atoms with E-state index in [-0.39, 0.29) is 5.91 Å². The molecule has 0 saturated carbocycles. The molecule has 19 heavy (non-hydrogen) atoms. The Hall–Kier alpha value is -1.98. The molecular weight excluding hydrogens is 282 g/mol. The Morgan fingerprint density at radius 1 is 1.11 bits per heavy atom. The minimum atomic E-state index is -0.219. The second-order valence-corrected chi connectivity index (χ2v) is 4.81. The average molecular weight is 290 g/mol. The second-order valence-electron chi connectivity index (χ2n) is 3.87. The number of hydrogen-bond acceptors (Lipinski definition) is 4. The smallest absolute Gasteiger partial charge is 0.255 e. The summed E-state index contributed by atoms with van der Waals surface area (Å²) in [5, 5.41) is 3.24. The number of carbonyl (C=O) groups is 1. The number of halogens is 1. The lowest BCUT2D eigenvalue weighted by Crippen LogP contribution is -2.12. The van der Waals surface area contributed by atoms with E-state index < -0.39 is 0 Å². The fraction of sp³-hybridized carbons (Fsp3) is 0. The largest absolute Gasteiger partial charge is 0.319 e. The van der Waals surface area contributed by atoms with Crippen molar-refractivity contribution in [2.24, 2.45) is 0 Å². The van der Waals surface area contributed by atoms with Gasteiger partial charge in [-0.15, -0.1) is 0 Å². The topological polar surface area (TPSA) is 54.9 Å². The van der Waals surface area contributed by atoms with Crippen molar-refractivity contribution in [3.05, 3.63) is 53.1 Å². The number of carbonyl (C=O) groups excluding carboxylic acids is 1. The van der Waals surface area contributed by atoms with Gasteiger partial charge in [0.1, 0.15) is 11.0 Å². The van der Waals surface area contributed by atoms with Crippen molar-refractivity contribution in [2.45, 2.75) is 0 Å². The lowest BCUT2D eigenvalue weighted by Gasteiger charge is -2.07. The molecule has 0 aliphatic heterocycles. The van der Waals surface area contributed by atoms with Crippen molar-refractivity contribution in [1.29, 1.82) is 0 Å². The number of benzene rings is 2. The standard InChI is InChI=1S/C13H8ClN3OS/c14-9-6-7-10-12(17-19-16-10)11(9)15-13(18)8-4-2-1-3-5-8/h1-7H,(H,15,18). The molecule has 1 heterocycles. The predicted molar refractivity (Wildman–Crippen MR) is 76.8 cm³/mol. The van der Waals surface area contributed by atoms with Crippen LogP contribution < -0.4 is 5.32 Å². The minimum Gasteiger partial charge on any atom is -0.319 e. The van der Waals surface area contributed by atoms with Crippen LogP contribution in [0.4, 0.5) is 5.69 Å². The molecular formula is C13H8ClN3OS. The van der Waals surface area contributed by atoms with Crippen LogP contribution in [-0.2, 0) is 0 Å². The highest BCUT2D eigenvalue weighted by Gasteiger charge is 2.13. The molecule has 6 heteroatoms. The molecule has 1 N–H and O–H groups in total. The van der Waals surface area contributed by atoms with Gasteiger partial charge in [-0.05, 0) is 24.3 Å². The SMILES string of the molecule is O=C(Nc1c(Cl)ccc2nsnc12)c1ccccc1. The van der Waals surface area contributed by atoms with Gasteiger partial charge in [0.15, 0.2) is 0 Å². The molecule has 3 aromatic rings. The second kappa shape index (κ2) is 4.95. The Labute approximate surface area is 118 Å². The third kappa shape index (κ3) is 2.30. The lowest BCUT2D eigenvalue weighted by molar-refractivity contribution is 0.102. The number of nitrogens with zero attached hydrogens (tertiary/aromatic N) is 2. The molecule has 0 aliphatic rings. The fourth-order valence-corrected chi connectivity index (χ4v) is 2.46. The summed E-state index contributed by atoms with van der Waals surface area (Å²) in [5.74, 6) is -0.219. The quantitative estimate of drug-likeness (QED) is 0.784. The maximum atomic E-state index is 12.1. The highest BCUT2D eigenvalue weighted by molar-refractivity contribution is 7.00. The van der Waals surface area contributed by atoms with E-state index in [0.717, 1.165) is 17.2 Å². The van der Waals surface area contributed by atoms with Crippen LogP contribution in [0.25, 0.3) is 11.0 Å². The molecule has 1 aromatic heterocycles. The van der Waals surface area contributed by atoms with E-state index in [1.165, 1.54) is 0 Å². The molecule has 0 radical (unpaired) electrons. The molecule has 4 nitrogen and oxygen atoms in total. The van der Waals surface area contributed by atoms with Crippen LogP contribution in [-0.4, -0.2) is 14.7 Å². The Kier molecular flexibility index (Phi) is 3.15. The van der Waals surface area contributed by atoms with Crippen LogP contribution in [0.3, 0.4) is 0 Å². The average Bonchev–Trinajstić information content (AvgIpc) is 2.91. The van der Waals surface area contributed by atoms with E-state index in [4.69, 9.17) is 11.6 Å². The normalized spacial score (nSPS) is 10.6. The molecule has 0 aliphatic carbocycles. The Balaban J connectivity index is 2.00. The number of rotatable bonds is 2. The zero-order chi connectivity index (χ0) is 13.2. The summed E-state index contributed by atoms with van der Waals surface area (Å²) in [6.07, 6.45) is 0. The highest BCUT2D eigenvalue weighted by Crippen LogP contribution is 2.30. The van der Waals surface area contributed by atoms with E-state index in [1.54, 1.807) is 24.3 Å². The first-order chi connectivity index (χ1) is 9.25. The van der Waals surface area contributed by atoms with E-state index >= 15 is 0 Å². The van der Waals surface area contributed by atoms with Crippen molar-refractivity contribution in [1.82, 2.24) is 8.75 Å². The maximum absolute atomic E-state index is 12.1.